The lowest BCUT2D eigenvalue weighted by Gasteiger charge is -2.17. The largest absolute Gasteiger partial charge is 0.384 e. The van der Waals surface area contributed by atoms with E-state index in [0.29, 0.717) is 6.54 Å². The Labute approximate surface area is 129 Å². The molecule has 3 N–H and O–H groups in total. The highest BCUT2D eigenvalue weighted by molar-refractivity contribution is 6.31. The summed E-state index contributed by atoms with van der Waals surface area (Å²) in [6.45, 7) is 3.37. The van der Waals surface area contributed by atoms with Crippen molar-refractivity contribution in [2.45, 2.75) is 20.0 Å². The van der Waals surface area contributed by atoms with Crippen molar-refractivity contribution >= 4 is 17.4 Å². The third-order valence-corrected chi connectivity index (χ3v) is 3.86. The summed E-state index contributed by atoms with van der Waals surface area (Å²) in [5, 5.41) is 12.5. The predicted octanol–water partition coefficient (Wildman–Crippen LogP) is 2.30. The van der Waals surface area contributed by atoms with Crippen molar-refractivity contribution in [3.05, 3.63) is 51.8 Å². The van der Waals surface area contributed by atoms with Crippen LogP contribution in [0.2, 0.25) is 5.02 Å². The molecule has 0 saturated carbocycles. The summed E-state index contributed by atoms with van der Waals surface area (Å²) in [6, 6.07) is 7.72. The number of aryl methyl sites for hydroxylation is 2. The van der Waals surface area contributed by atoms with Gasteiger partial charge < -0.3 is 5.73 Å². The third-order valence-electron chi connectivity index (χ3n) is 3.37. The van der Waals surface area contributed by atoms with Crippen molar-refractivity contribution in [3.63, 3.8) is 0 Å². The van der Waals surface area contributed by atoms with E-state index in [1.807, 2.05) is 50.0 Å². The highest BCUT2D eigenvalue weighted by Gasteiger charge is 2.13. The van der Waals surface area contributed by atoms with Gasteiger partial charge in [-0.1, -0.05) is 29.8 Å². The first-order chi connectivity index (χ1) is 9.88. The van der Waals surface area contributed by atoms with E-state index in [-0.39, 0.29) is 5.84 Å². The minimum absolute atomic E-state index is 0.0878. The van der Waals surface area contributed by atoms with Crippen molar-refractivity contribution in [2.75, 3.05) is 7.05 Å². The monoisotopic (exact) mass is 305 g/mol. The molecule has 0 fully saturated rings. The van der Waals surface area contributed by atoms with E-state index >= 15 is 0 Å². The third kappa shape index (κ3) is 3.62. The molecule has 6 heteroatoms. The number of amidine groups is 1. The standard InChI is InChI=1S/C15H20ClN5/c1-10-14(16)13(21(3)19-10)9-20(2)8-11-5-4-6-12(7-11)15(17)18/h4-7H,8-9H2,1-3H3,(H3,17,18). The van der Waals surface area contributed by atoms with Gasteiger partial charge in [-0.15, -0.1) is 0 Å². The quantitative estimate of drug-likeness (QED) is 0.658. The highest BCUT2D eigenvalue weighted by atomic mass is 35.5. The number of benzene rings is 1. The van der Waals surface area contributed by atoms with E-state index in [1.165, 1.54) is 0 Å². The fourth-order valence-electron chi connectivity index (χ4n) is 2.31. The molecule has 0 atom stereocenters. The molecule has 0 aliphatic heterocycles. The Morgan fingerprint density at radius 1 is 1.43 bits per heavy atom. The topological polar surface area (TPSA) is 70.9 Å². The van der Waals surface area contributed by atoms with Gasteiger partial charge in [-0.25, -0.2) is 0 Å². The zero-order valence-electron chi connectivity index (χ0n) is 12.5. The lowest BCUT2D eigenvalue weighted by Crippen LogP contribution is -2.20. The molecular weight excluding hydrogens is 286 g/mol. The number of nitrogens with two attached hydrogens (primary N) is 1. The molecule has 0 aliphatic carbocycles. The van der Waals surface area contributed by atoms with Crippen LogP contribution in [-0.4, -0.2) is 27.6 Å². The number of hydrogen-bond donors (Lipinski definition) is 2. The molecule has 0 aliphatic rings. The van der Waals surface area contributed by atoms with E-state index in [1.54, 1.807) is 0 Å². The molecular formula is C15H20ClN5. The van der Waals surface area contributed by atoms with Crippen LogP contribution < -0.4 is 5.73 Å². The second-order valence-corrected chi connectivity index (χ2v) is 5.63. The second-order valence-electron chi connectivity index (χ2n) is 5.26. The Kier molecular flexibility index (Phi) is 4.65. The van der Waals surface area contributed by atoms with Crippen LogP contribution in [0.5, 0.6) is 0 Å². The molecule has 0 radical (unpaired) electrons. The molecule has 0 amide bonds. The van der Waals surface area contributed by atoms with Gasteiger partial charge in [-0.3, -0.25) is 15.0 Å². The van der Waals surface area contributed by atoms with Gasteiger partial charge in [-0.2, -0.15) is 5.10 Å². The Balaban J connectivity index is 2.09. The van der Waals surface area contributed by atoms with Gasteiger partial charge in [0.1, 0.15) is 5.84 Å². The fraction of sp³-hybridized carbons (Fsp3) is 0.333. The summed E-state index contributed by atoms with van der Waals surface area (Å²) in [5.74, 6) is 0.0878. The Bertz CT molecular complexity index is 662. The number of rotatable bonds is 5. The summed E-state index contributed by atoms with van der Waals surface area (Å²) >= 11 is 6.27. The first-order valence-corrected chi connectivity index (χ1v) is 7.06. The summed E-state index contributed by atoms with van der Waals surface area (Å²) in [5.41, 5.74) is 9.22. The van der Waals surface area contributed by atoms with Gasteiger partial charge in [0.25, 0.3) is 0 Å². The van der Waals surface area contributed by atoms with E-state index < -0.39 is 0 Å². The van der Waals surface area contributed by atoms with Crippen LogP contribution in [0.15, 0.2) is 24.3 Å². The van der Waals surface area contributed by atoms with Crippen LogP contribution in [0.1, 0.15) is 22.5 Å². The maximum absolute atomic E-state index is 7.49. The van der Waals surface area contributed by atoms with E-state index in [0.717, 1.165) is 34.1 Å². The molecule has 5 nitrogen and oxygen atoms in total. The number of aromatic nitrogens is 2. The lowest BCUT2D eigenvalue weighted by molar-refractivity contribution is 0.309. The molecule has 0 unspecified atom stereocenters. The normalized spacial score (nSPS) is 11.1. The molecule has 112 valence electrons. The van der Waals surface area contributed by atoms with Gasteiger partial charge in [0.2, 0.25) is 0 Å². The molecule has 2 aromatic rings. The lowest BCUT2D eigenvalue weighted by atomic mass is 10.1. The first kappa shape index (κ1) is 15.5. The van der Waals surface area contributed by atoms with Crippen LogP contribution in [0, 0.1) is 12.3 Å². The van der Waals surface area contributed by atoms with Crippen molar-refractivity contribution in [1.82, 2.24) is 14.7 Å². The van der Waals surface area contributed by atoms with Crippen LogP contribution in [0.25, 0.3) is 0 Å². The minimum atomic E-state index is 0.0878. The van der Waals surface area contributed by atoms with Gasteiger partial charge >= 0.3 is 0 Å². The van der Waals surface area contributed by atoms with Crippen LogP contribution in [-0.2, 0) is 20.1 Å². The molecule has 0 spiro atoms. The second kappa shape index (κ2) is 6.28. The predicted molar refractivity (Wildman–Crippen MR) is 85.6 cm³/mol. The maximum Gasteiger partial charge on any atom is 0.122 e. The average molecular weight is 306 g/mol. The van der Waals surface area contributed by atoms with Crippen molar-refractivity contribution < 1.29 is 0 Å². The smallest absolute Gasteiger partial charge is 0.122 e. The van der Waals surface area contributed by atoms with Gasteiger partial charge in [0.05, 0.1) is 16.4 Å². The SMILES string of the molecule is Cc1nn(C)c(CN(C)Cc2cccc(C(=N)N)c2)c1Cl. The number of halogens is 1. The number of nitrogen functional groups attached to an aromatic ring is 1. The molecule has 1 heterocycles. The summed E-state index contributed by atoms with van der Waals surface area (Å²) in [4.78, 5) is 2.15. The highest BCUT2D eigenvalue weighted by Crippen LogP contribution is 2.21. The number of hydrogen-bond acceptors (Lipinski definition) is 3. The van der Waals surface area contributed by atoms with Crippen LogP contribution >= 0.6 is 11.6 Å². The molecule has 21 heavy (non-hydrogen) atoms. The summed E-state index contributed by atoms with van der Waals surface area (Å²) < 4.78 is 1.82. The van der Waals surface area contributed by atoms with Gasteiger partial charge in [-0.05, 0) is 25.6 Å². The maximum atomic E-state index is 7.49. The van der Waals surface area contributed by atoms with Crippen molar-refractivity contribution in [3.8, 4) is 0 Å². The molecule has 1 aromatic carbocycles. The zero-order chi connectivity index (χ0) is 15.6. The van der Waals surface area contributed by atoms with Crippen molar-refractivity contribution in [1.29, 1.82) is 5.41 Å². The Morgan fingerprint density at radius 3 is 2.71 bits per heavy atom. The van der Waals surface area contributed by atoms with Crippen LogP contribution in [0.4, 0.5) is 0 Å². The number of nitrogens with zero attached hydrogens (tertiary/aromatic N) is 3. The molecule has 0 bridgehead atoms. The van der Waals surface area contributed by atoms with E-state index in [9.17, 15) is 0 Å². The van der Waals surface area contributed by atoms with Crippen molar-refractivity contribution in [2.24, 2.45) is 12.8 Å². The molecule has 1 aromatic heterocycles. The Hall–Kier alpha value is -1.85. The zero-order valence-corrected chi connectivity index (χ0v) is 13.3. The van der Waals surface area contributed by atoms with Gasteiger partial charge in [0.15, 0.2) is 0 Å². The van der Waals surface area contributed by atoms with Crippen LogP contribution in [0.3, 0.4) is 0 Å². The minimum Gasteiger partial charge on any atom is -0.384 e. The summed E-state index contributed by atoms with van der Waals surface area (Å²) in [7, 11) is 3.93. The van der Waals surface area contributed by atoms with Gasteiger partial charge in [0, 0.05) is 25.7 Å². The summed E-state index contributed by atoms with van der Waals surface area (Å²) in [6.07, 6.45) is 0. The van der Waals surface area contributed by atoms with E-state index in [2.05, 4.69) is 10.00 Å². The average Bonchev–Trinajstić information content (AvgIpc) is 2.65. The number of nitrogens with one attached hydrogen (secondary N) is 1. The first-order valence-electron chi connectivity index (χ1n) is 6.68. The van der Waals surface area contributed by atoms with E-state index in [4.69, 9.17) is 22.7 Å². The molecule has 0 saturated heterocycles. The fourth-order valence-corrected chi connectivity index (χ4v) is 2.53. The molecule has 2 rings (SSSR count). The Morgan fingerprint density at radius 2 is 2.14 bits per heavy atom.